The Hall–Kier alpha value is -4.00. The molecule has 0 saturated heterocycles. The molecule has 0 unspecified atom stereocenters. The van der Waals surface area contributed by atoms with Gasteiger partial charge in [0.2, 0.25) is 5.52 Å². The quantitative estimate of drug-likeness (QED) is 0.222. The van der Waals surface area contributed by atoms with Gasteiger partial charge in [-0.3, -0.25) is 0 Å². The number of methoxy groups -OCH3 is 1. The number of ether oxygens (including phenoxy) is 2. The predicted molar refractivity (Wildman–Crippen MR) is 165 cm³/mol. The van der Waals surface area contributed by atoms with Crippen LogP contribution in [0, 0.1) is 0 Å². The summed E-state index contributed by atoms with van der Waals surface area (Å²) in [5.41, 5.74) is 4.86. The molecule has 5 aromatic rings. The van der Waals surface area contributed by atoms with Crippen molar-refractivity contribution >= 4 is 34.4 Å². The Morgan fingerprint density at radius 2 is 1.56 bits per heavy atom. The van der Waals surface area contributed by atoms with E-state index in [1.54, 1.807) is 18.9 Å². The maximum atomic E-state index is 6.01. The zero-order valence-corrected chi connectivity index (χ0v) is 25.2. The summed E-state index contributed by atoms with van der Waals surface area (Å²) in [6, 6.07) is 37.6. The second-order valence-corrected chi connectivity index (χ2v) is 10.6. The molecule has 0 N–H and O–H groups in total. The number of hydrogen-bond donors (Lipinski definition) is 0. The smallest absolute Gasteiger partial charge is 0.213 e. The molecule has 6 heteroatoms. The second kappa shape index (κ2) is 13.6. The molecule has 0 amide bonds. The number of pyridine rings is 1. The maximum Gasteiger partial charge on any atom is 0.213 e. The lowest BCUT2D eigenvalue weighted by Gasteiger charge is -2.20. The SMILES string of the molecule is COc1ccc(C[n+]2ccc(/C=C/C=C3\Sc4ccccc4N3CCOc3ccccc3)c3ccccc32)cc1.[Br-]. The van der Waals surface area contributed by atoms with Crippen LogP contribution >= 0.6 is 11.8 Å². The van der Waals surface area contributed by atoms with E-state index in [4.69, 9.17) is 9.47 Å². The highest BCUT2D eigenvalue weighted by Gasteiger charge is 2.24. The highest BCUT2D eigenvalue weighted by atomic mass is 79.9. The fourth-order valence-electron chi connectivity index (χ4n) is 4.93. The van der Waals surface area contributed by atoms with Crippen molar-refractivity contribution in [3.63, 3.8) is 0 Å². The number of halogens is 1. The van der Waals surface area contributed by atoms with Crippen molar-refractivity contribution in [3.05, 3.63) is 144 Å². The third-order valence-electron chi connectivity index (χ3n) is 6.95. The number of rotatable bonds is 9. The minimum atomic E-state index is 0. The number of fused-ring (bicyclic) bond motifs is 2. The lowest BCUT2D eigenvalue weighted by molar-refractivity contribution is -0.662. The molecule has 0 spiro atoms. The van der Waals surface area contributed by atoms with Gasteiger partial charge in [-0.2, -0.15) is 4.57 Å². The first-order valence-corrected chi connectivity index (χ1v) is 14.2. The first-order valence-electron chi connectivity index (χ1n) is 13.4. The van der Waals surface area contributed by atoms with Gasteiger partial charge in [0.1, 0.15) is 18.1 Å². The van der Waals surface area contributed by atoms with E-state index in [1.807, 2.05) is 42.5 Å². The van der Waals surface area contributed by atoms with Gasteiger partial charge in [-0.1, -0.05) is 66.4 Å². The van der Waals surface area contributed by atoms with Crippen molar-refractivity contribution in [2.75, 3.05) is 25.2 Å². The lowest BCUT2D eigenvalue weighted by atomic mass is 10.1. The number of benzene rings is 4. The molecule has 2 heterocycles. The average Bonchev–Trinajstić information content (AvgIpc) is 3.36. The van der Waals surface area contributed by atoms with E-state index in [1.165, 1.54) is 37.6 Å². The highest BCUT2D eigenvalue weighted by molar-refractivity contribution is 8.03. The molecule has 0 radical (unpaired) electrons. The molecule has 0 saturated carbocycles. The summed E-state index contributed by atoms with van der Waals surface area (Å²) in [4.78, 5) is 3.62. The van der Waals surface area contributed by atoms with E-state index in [9.17, 15) is 0 Å². The first-order chi connectivity index (χ1) is 19.8. The van der Waals surface area contributed by atoms with Crippen LogP contribution in [0.2, 0.25) is 0 Å². The fraction of sp³-hybridized carbons (Fsp3) is 0.114. The molecule has 1 aliphatic heterocycles. The number of allylic oxidation sites excluding steroid dienone is 2. The molecule has 41 heavy (non-hydrogen) atoms. The molecule has 0 fully saturated rings. The standard InChI is InChI=1S/C35H31N2O2S.BrH/c1-38-29-20-18-27(19-21-29)26-36-23-22-28(31-13-5-6-14-32(31)36)10-9-17-35-37(33-15-7-8-16-34(33)40-35)24-25-39-30-11-3-2-4-12-30;/h2-23H,24-26H2,1H3;1H/q+1;/p-1. The van der Waals surface area contributed by atoms with Crippen LogP contribution in [0.4, 0.5) is 5.69 Å². The monoisotopic (exact) mass is 622 g/mol. The van der Waals surface area contributed by atoms with Crippen LogP contribution < -0.4 is 35.9 Å². The number of para-hydroxylation sites is 3. The van der Waals surface area contributed by atoms with Gasteiger partial charge >= 0.3 is 0 Å². The summed E-state index contributed by atoms with van der Waals surface area (Å²) in [6.07, 6.45) is 8.75. The summed E-state index contributed by atoms with van der Waals surface area (Å²) in [5, 5.41) is 2.42. The van der Waals surface area contributed by atoms with Crippen molar-refractivity contribution in [2.45, 2.75) is 11.4 Å². The Morgan fingerprint density at radius 3 is 2.39 bits per heavy atom. The topological polar surface area (TPSA) is 25.6 Å². The summed E-state index contributed by atoms with van der Waals surface area (Å²) >= 11 is 1.80. The number of thioether (sulfide) groups is 1. The van der Waals surface area contributed by atoms with Crippen LogP contribution in [0.1, 0.15) is 11.1 Å². The number of anilines is 1. The Labute approximate surface area is 256 Å². The van der Waals surface area contributed by atoms with Crippen LogP contribution in [0.25, 0.3) is 17.0 Å². The van der Waals surface area contributed by atoms with Crippen molar-refractivity contribution < 1.29 is 31.0 Å². The molecule has 0 aliphatic carbocycles. The minimum Gasteiger partial charge on any atom is -1.00 e. The zero-order valence-electron chi connectivity index (χ0n) is 22.8. The molecular weight excluding hydrogens is 592 g/mol. The van der Waals surface area contributed by atoms with Crippen LogP contribution in [0.3, 0.4) is 0 Å². The second-order valence-electron chi connectivity index (χ2n) is 9.51. The molecule has 0 atom stereocenters. The lowest BCUT2D eigenvalue weighted by Crippen LogP contribution is -3.00. The fourth-order valence-corrected chi connectivity index (χ4v) is 6.03. The summed E-state index contributed by atoms with van der Waals surface area (Å²) in [6.45, 7) is 2.18. The van der Waals surface area contributed by atoms with E-state index in [2.05, 4.69) is 101 Å². The van der Waals surface area contributed by atoms with E-state index in [0.717, 1.165) is 24.6 Å². The average molecular weight is 624 g/mol. The predicted octanol–water partition coefficient (Wildman–Crippen LogP) is 4.73. The van der Waals surface area contributed by atoms with E-state index >= 15 is 0 Å². The third kappa shape index (κ3) is 6.67. The Kier molecular flexibility index (Phi) is 9.44. The van der Waals surface area contributed by atoms with Crippen molar-refractivity contribution in [3.8, 4) is 11.5 Å². The van der Waals surface area contributed by atoms with Crippen LogP contribution in [-0.2, 0) is 6.54 Å². The first kappa shape index (κ1) is 28.5. The molecule has 1 aromatic heterocycles. The van der Waals surface area contributed by atoms with Crippen LogP contribution in [0.15, 0.2) is 137 Å². The van der Waals surface area contributed by atoms with Crippen LogP contribution in [-0.4, -0.2) is 20.3 Å². The minimum absolute atomic E-state index is 0. The van der Waals surface area contributed by atoms with Crippen molar-refractivity contribution in [1.29, 1.82) is 0 Å². The largest absolute Gasteiger partial charge is 1.00 e. The molecule has 6 rings (SSSR count). The summed E-state index contributed by atoms with van der Waals surface area (Å²) in [5.74, 6) is 1.77. The number of hydrogen-bond acceptors (Lipinski definition) is 4. The van der Waals surface area contributed by atoms with E-state index < -0.39 is 0 Å². The van der Waals surface area contributed by atoms with Gasteiger partial charge < -0.3 is 31.4 Å². The van der Waals surface area contributed by atoms with Gasteiger partial charge in [0.05, 0.1) is 29.8 Å². The van der Waals surface area contributed by atoms with Gasteiger partial charge in [0, 0.05) is 22.6 Å². The Bertz CT molecular complexity index is 1670. The highest BCUT2D eigenvalue weighted by Crippen LogP contribution is 2.45. The zero-order chi connectivity index (χ0) is 27.1. The normalized spacial score (nSPS) is 13.4. The summed E-state index contributed by atoms with van der Waals surface area (Å²) in [7, 11) is 1.70. The molecule has 4 aromatic carbocycles. The number of aromatic nitrogens is 1. The van der Waals surface area contributed by atoms with Gasteiger partial charge in [0.25, 0.3) is 0 Å². The molecule has 4 nitrogen and oxygen atoms in total. The summed E-state index contributed by atoms with van der Waals surface area (Å²) < 4.78 is 13.6. The van der Waals surface area contributed by atoms with E-state index in [0.29, 0.717) is 6.61 Å². The van der Waals surface area contributed by atoms with Gasteiger partial charge in [-0.15, -0.1) is 0 Å². The van der Waals surface area contributed by atoms with E-state index in [-0.39, 0.29) is 17.0 Å². The van der Waals surface area contributed by atoms with Crippen molar-refractivity contribution in [1.82, 2.24) is 0 Å². The number of nitrogens with zero attached hydrogens (tertiary/aromatic N) is 2. The van der Waals surface area contributed by atoms with Gasteiger partial charge in [0.15, 0.2) is 12.7 Å². The Balaban J connectivity index is 0.00000337. The van der Waals surface area contributed by atoms with Crippen LogP contribution in [0.5, 0.6) is 11.5 Å². The van der Waals surface area contributed by atoms with Gasteiger partial charge in [-0.05, 0) is 66.2 Å². The molecule has 206 valence electrons. The van der Waals surface area contributed by atoms with Crippen molar-refractivity contribution in [2.24, 2.45) is 0 Å². The third-order valence-corrected chi connectivity index (χ3v) is 8.08. The molecular formula is C35H31BrN2O2S. The molecule has 0 bridgehead atoms. The Morgan fingerprint density at radius 1 is 0.805 bits per heavy atom. The molecule has 1 aliphatic rings. The van der Waals surface area contributed by atoms with Gasteiger partial charge in [-0.25, -0.2) is 0 Å². The maximum absolute atomic E-state index is 6.01.